The van der Waals surface area contributed by atoms with Crippen LogP contribution in [0.15, 0.2) is 41.0 Å². The molecule has 0 radical (unpaired) electrons. The number of rotatable bonds is 8. The molecule has 0 aliphatic carbocycles. The minimum absolute atomic E-state index is 0. The van der Waals surface area contributed by atoms with Crippen LogP contribution in [0, 0.1) is 0 Å². The van der Waals surface area contributed by atoms with Gasteiger partial charge < -0.3 is 36.7 Å². The van der Waals surface area contributed by atoms with E-state index in [-0.39, 0.29) is 25.6 Å². The van der Waals surface area contributed by atoms with Crippen LogP contribution in [0.25, 0.3) is 0 Å². The molecule has 116 valence electrons. The van der Waals surface area contributed by atoms with Crippen molar-refractivity contribution in [2.75, 3.05) is 20.3 Å². The average molecular weight is 313 g/mol. The van der Waals surface area contributed by atoms with Crippen molar-refractivity contribution in [2.24, 2.45) is 0 Å². The number of halogens is 1. The first-order valence-corrected chi connectivity index (χ1v) is 6.47. The number of benzene rings is 1. The molecule has 1 aromatic carbocycles. The molecular formula is C15H19ClNO4-. The van der Waals surface area contributed by atoms with Crippen LogP contribution in [0.5, 0.6) is 11.5 Å². The van der Waals surface area contributed by atoms with Crippen molar-refractivity contribution in [1.82, 2.24) is 5.32 Å². The lowest BCUT2D eigenvalue weighted by atomic mass is 10.2. The third-order valence-electron chi connectivity index (χ3n) is 2.79. The van der Waals surface area contributed by atoms with Crippen LogP contribution in [0.1, 0.15) is 11.3 Å². The SMILES string of the molecule is COc1cc(CNCc2ccco2)ccc1OCCO.[Cl-]. The van der Waals surface area contributed by atoms with E-state index >= 15 is 0 Å². The smallest absolute Gasteiger partial charge is 0.161 e. The molecule has 2 N–H and O–H groups in total. The van der Waals surface area contributed by atoms with Crippen LogP contribution >= 0.6 is 0 Å². The van der Waals surface area contributed by atoms with Gasteiger partial charge in [-0.1, -0.05) is 6.07 Å². The van der Waals surface area contributed by atoms with Gasteiger partial charge >= 0.3 is 0 Å². The second kappa shape index (κ2) is 9.28. The number of hydrogen-bond acceptors (Lipinski definition) is 5. The van der Waals surface area contributed by atoms with Gasteiger partial charge in [0.2, 0.25) is 0 Å². The fourth-order valence-electron chi connectivity index (χ4n) is 1.84. The summed E-state index contributed by atoms with van der Waals surface area (Å²) >= 11 is 0. The third kappa shape index (κ3) is 5.30. The molecule has 2 rings (SSSR count). The maximum atomic E-state index is 8.77. The Hall–Kier alpha value is -1.69. The molecule has 6 heteroatoms. The van der Waals surface area contributed by atoms with Gasteiger partial charge in [-0.05, 0) is 29.8 Å². The molecule has 0 aliphatic heterocycles. The second-order valence-corrected chi connectivity index (χ2v) is 4.24. The predicted molar refractivity (Wildman–Crippen MR) is 74.8 cm³/mol. The Labute approximate surface area is 130 Å². The maximum absolute atomic E-state index is 8.77. The van der Waals surface area contributed by atoms with Gasteiger partial charge in [0.15, 0.2) is 11.5 Å². The number of methoxy groups -OCH3 is 1. The summed E-state index contributed by atoms with van der Waals surface area (Å²) in [6.45, 7) is 1.62. The lowest BCUT2D eigenvalue weighted by molar-refractivity contribution is -0.00000607. The summed E-state index contributed by atoms with van der Waals surface area (Å²) in [5.41, 5.74) is 1.09. The highest BCUT2D eigenvalue weighted by atomic mass is 35.5. The lowest BCUT2D eigenvalue weighted by Gasteiger charge is -2.11. The van der Waals surface area contributed by atoms with Gasteiger partial charge in [-0.3, -0.25) is 0 Å². The number of ether oxygens (including phenoxy) is 2. The Morgan fingerprint density at radius 1 is 1.19 bits per heavy atom. The molecule has 0 amide bonds. The van der Waals surface area contributed by atoms with Crippen LogP contribution in [0.4, 0.5) is 0 Å². The maximum Gasteiger partial charge on any atom is 0.161 e. The zero-order valence-corrected chi connectivity index (χ0v) is 12.6. The fourth-order valence-corrected chi connectivity index (χ4v) is 1.84. The van der Waals surface area contributed by atoms with Gasteiger partial charge in [-0.25, -0.2) is 0 Å². The molecule has 1 aromatic heterocycles. The van der Waals surface area contributed by atoms with Gasteiger partial charge in [0.1, 0.15) is 12.4 Å². The van der Waals surface area contributed by atoms with E-state index in [4.69, 9.17) is 19.0 Å². The number of aliphatic hydroxyl groups is 1. The molecule has 1 heterocycles. The molecule has 0 fully saturated rings. The second-order valence-electron chi connectivity index (χ2n) is 4.24. The van der Waals surface area contributed by atoms with Crippen molar-refractivity contribution < 1.29 is 31.4 Å². The molecule has 0 saturated carbocycles. The first-order valence-electron chi connectivity index (χ1n) is 6.47. The minimum atomic E-state index is -0.0182. The van der Waals surface area contributed by atoms with E-state index < -0.39 is 0 Å². The van der Waals surface area contributed by atoms with Crippen molar-refractivity contribution in [2.45, 2.75) is 13.1 Å². The fraction of sp³-hybridized carbons (Fsp3) is 0.333. The summed E-state index contributed by atoms with van der Waals surface area (Å²) in [6, 6.07) is 9.53. The van der Waals surface area contributed by atoms with E-state index in [1.54, 1.807) is 13.4 Å². The van der Waals surface area contributed by atoms with E-state index in [1.807, 2.05) is 30.3 Å². The Balaban J connectivity index is 0.00000220. The van der Waals surface area contributed by atoms with Crippen molar-refractivity contribution in [1.29, 1.82) is 0 Å². The Kier molecular flexibility index (Phi) is 7.68. The monoisotopic (exact) mass is 312 g/mol. The molecule has 0 saturated heterocycles. The quantitative estimate of drug-likeness (QED) is 0.651. The van der Waals surface area contributed by atoms with Gasteiger partial charge in [0.25, 0.3) is 0 Å². The zero-order chi connectivity index (χ0) is 14.2. The summed E-state index contributed by atoms with van der Waals surface area (Å²) in [6.07, 6.45) is 1.66. The molecule has 21 heavy (non-hydrogen) atoms. The van der Waals surface area contributed by atoms with Gasteiger partial charge in [0, 0.05) is 6.54 Å². The van der Waals surface area contributed by atoms with Crippen molar-refractivity contribution >= 4 is 0 Å². The molecular weight excluding hydrogens is 294 g/mol. The molecule has 0 spiro atoms. The van der Waals surface area contributed by atoms with Crippen molar-refractivity contribution in [3.8, 4) is 11.5 Å². The molecule has 2 aromatic rings. The summed E-state index contributed by atoms with van der Waals surface area (Å²) in [5.74, 6) is 2.20. The van der Waals surface area contributed by atoms with Crippen LogP contribution in [-0.2, 0) is 13.1 Å². The standard InChI is InChI=1S/C15H19NO4.ClH/c1-18-15-9-12(4-5-14(15)20-8-6-17)10-16-11-13-3-2-7-19-13;/h2-5,7,9,16-17H,6,8,10-11H2,1H3;1H/p-1. The van der Waals surface area contributed by atoms with Crippen LogP contribution in [0.3, 0.4) is 0 Å². The normalized spacial score (nSPS) is 10.0. The Morgan fingerprint density at radius 3 is 2.71 bits per heavy atom. The highest BCUT2D eigenvalue weighted by Gasteiger charge is 2.05. The summed E-state index contributed by atoms with van der Waals surface area (Å²) in [5, 5.41) is 12.1. The van der Waals surface area contributed by atoms with E-state index in [9.17, 15) is 0 Å². The van der Waals surface area contributed by atoms with E-state index in [2.05, 4.69) is 5.32 Å². The molecule has 5 nitrogen and oxygen atoms in total. The highest BCUT2D eigenvalue weighted by molar-refractivity contribution is 5.42. The largest absolute Gasteiger partial charge is 1.00 e. The average Bonchev–Trinajstić information content (AvgIpc) is 2.99. The predicted octanol–water partition coefficient (Wildman–Crippen LogP) is -1.05. The van der Waals surface area contributed by atoms with E-state index in [1.165, 1.54) is 0 Å². The summed E-state index contributed by atoms with van der Waals surface area (Å²) < 4.78 is 15.9. The van der Waals surface area contributed by atoms with E-state index in [0.717, 1.165) is 11.3 Å². The molecule has 0 unspecified atom stereocenters. The number of hydrogen-bond donors (Lipinski definition) is 2. The number of aliphatic hydroxyl groups excluding tert-OH is 1. The number of furan rings is 1. The highest BCUT2D eigenvalue weighted by Crippen LogP contribution is 2.27. The summed E-state index contributed by atoms with van der Waals surface area (Å²) in [7, 11) is 1.60. The van der Waals surface area contributed by atoms with Crippen molar-refractivity contribution in [3.05, 3.63) is 47.9 Å². The van der Waals surface area contributed by atoms with Gasteiger partial charge in [-0.15, -0.1) is 0 Å². The third-order valence-corrected chi connectivity index (χ3v) is 2.79. The first-order chi connectivity index (χ1) is 9.83. The van der Waals surface area contributed by atoms with Gasteiger partial charge in [-0.2, -0.15) is 0 Å². The summed E-state index contributed by atoms with van der Waals surface area (Å²) in [4.78, 5) is 0. The van der Waals surface area contributed by atoms with Crippen LogP contribution in [-0.4, -0.2) is 25.4 Å². The lowest BCUT2D eigenvalue weighted by Crippen LogP contribution is -3.00. The van der Waals surface area contributed by atoms with Crippen molar-refractivity contribution in [3.63, 3.8) is 0 Å². The molecule has 0 atom stereocenters. The Morgan fingerprint density at radius 2 is 2.05 bits per heavy atom. The van der Waals surface area contributed by atoms with Crippen LogP contribution < -0.4 is 27.2 Å². The minimum Gasteiger partial charge on any atom is -1.00 e. The first kappa shape index (κ1) is 17.4. The topological polar surface area (TPSA) is 63.9 Å². The van der Waals surface area contributed by atoms with Crippen LogP contribution in [0.2, 0.25) is 0 Å². The molecule has 0 aliphatic rings. The van der Waals surface area contributed by atoms with Gasteiger partial charge in [0.05, 0.1) is 26.5 Å². The number of nitrogens with one attached hydrogen (secondary N) is 1. The zero-order valence-electron chi connectivity index (χ0n) is 11.8. The Bertz CT molecular complexity index is 516. The molecule has 0 bridgehead atoms. The van der Waals surface area contributed by atoms with E-state index in [0.29, 0.717) is 24.6 Å².